The number of benzene rings is 1. The first-order valence-electron chi connectivity index (χ1n) is 5.00. The molecule has 0 saturated heterocycles. The Hall–Kier alpha value is -1.31. The zero-order valence-corrected chi connectivity index (χ0v) is 11.5. The molecule has 84 valence electrons. The fourth-order valence-electron chi connectivity index (χ4n) is 1.37. The van der Waals surface area contributed by atoms with Crippen molar-refractivity contribution in [3.05, 3.63) is 52.1 Å². The summed E-state index contributed by atoms with van der Waals surface area (Å²) in [6.07, 6.45) is 1.74. The first-order valence-corrected chi connectivity index (χ1v) is 6.61. The Labute approximate surface area is 113 Å². The second-order valence-corrected chi connectivity index (χ2v) is 5.39. The molecule has 1 aromatic carbocycles. The van der Waals surface area contributed by atoms with Gasteiger partial charge in [0.2, 0.25) is 0 Å². The number of nitrogens with zero attached hydrogens (tertiary/aromatic N) is 2. The zero-order valence-electron chi connectivity index (χ0n) is 9.14. The molecule has 0 unspecified atom stereocenters. The van der Waals surface area contributed by atoms with Crippen LogP contribution in [0, 0.1) is 18.3 Å². The summed E-state index contributed by atoms with van der Waals surface area (Å²) in [6.45, 7) is 1.98. The normalized spacial score (nSPS) is 9.94. The van der Waals surface area contributed by atoms with Gasteiger partial charge in [0.25, 0.3) is 0 Å². The van der Waals surface area contributed by atoms with Crippen LogP contribution in [0.25, 0.3) is 0 Å². The van der Waals surface area contributed by atoms with Crippen molar-refractivity contribution in [2.45, 2.75) is 16.8 Å². The van der Waals surface area contributed by atoms with Gasteiger partial charge < -0.3 is 0 Å². The van der Waals surface area contributed by atoms with Crippen LogP contribution in [0.3, 0.4) is 0 Å². The first kappa shape index (κ1) is 12.2. The van der Waals surface area contributed by atoms with E-state index in [1.54, 1.807) is 6.20 Å². The molecule has 0 saturated carbocycles. The smallest absolute Gasteiger partial charge is 0.115 e. The molecule has 0 spiro atoms. The molecule has 2 rings (SSSR count). The van der Waals surface area contributed by atoms with Gasteiger partial charge in [-0.05, 0) is 52.7 Å². The van der Waals surface area contributed by atoms with Gasteiger partial charge in [-0.1, -0.05) is 17.8 Å². The van der Waals surface area contributed by atoms with Gasteiger partial charge in [0.1, 0.15) is 11.1 Å². The van der Waals surface area contributed by atoms with E-state index in [9.17, 15) is 0 Å². The Morgan fingerprint density at radius 1 is 1.35 bits per heavy atom. The number of nitriles is 1. The minimum Gasteiger partial charge on any atom is -0.248 e. The second kappa shape index (κ2) is 5.35. The Kier molecular flexibility index (Phi) is 3.82. The fraction of sp³-hybridized carbons (Fsp3) is 0.0769. The van der Waals surface area contributed by atoms with E-state index in [1.807, 2.05) is 37.3 Å². The van der Waals surface area contributed by atoms with Crippen LogP contribution in [0.4, 0.5) is 0 Å². The number of hydrogen-bond donors (Lipinski definition) is 0. The highest BCUT2D eigenvalue weighted by atomic mass is 79.9. The summed E-state index contributed by atoms with van der Waals surface area (Å²) < 4.78 is 0.939. The average Bonchev–Trinajstić information content (AvgIpc) is 2.34. The molecule has 0 fully saturated rings. The van der Waals surface area contributed by atoms with Crippen LogP contribution < -0.4 is 0 Å². The summed E-state index contributed by atoms with van der Waals surface area (Å²) in [5, 5.41) is 9.96. The highest BCUT2D eigenvalue weighted by molar-refractivity contribution is 9.10. The molecule has 0 aliphatic rings. The topological polar surface area (TPSA) is 36.7 Å². The van der Waals surface area contributed by atoms with Crippen LogP contribution in [0.1, 0.15) is 11.1 Å². The number of halogens is 1. The Morgan fingerprint density at radius 2 is 2.18 bits per heavy atom. The molecular weight excluding hydrogens is 296 g/mol. The van der Waals surface area contributed by atoms with Crippen LogP contribution in [-0.4, -0.2) is 4.98 Å². The Morgan fingerprint density at radius 3 is 2.88 bits per heavy atom. The van der Waals surface area contributed by atoms with E-state index in [4.69, 9.17) is 5.26 Å². The van der Waals surface area contributed by atoms with Gasteiger partial charge in [-0.25, -0.2) is 4.98 Å². The first-order chi connectivity index (χ1) is 8.20. The molecule has 0 amide bonds. The molecule has 0 aliphatic heterocycles. The van der Waals surface area contributed by atoms with E-state index in [0.29, 0.717) is 5.56 Å². The third-order valence-corrected chi connectivity index (χ3v) is 4.18. The molecule has 0 atom stereocenters. The summed E-state index contributed by atoms with van der Waals surface area (Å²) >= 11 is 4.94. The van der Waals surface area contributed by atoms with Crippen LogP contribution in [0.2, 0.25) is 0 Å². The largest absolute Gasteiger partial charge is 0.248 e. The van der Waals surface area contributed by atoms with Crippen molar-refractivity contribution in [2.24, 2.45) is 0 Å². The highest BCUT2D eigenvalue weighted by Crippen LogP contribution is 2.33. The van der Waals surface area contributed by atoms with Gasteiger partial charge in [0.15, 0.2) is 0 Å². The van der Waals surface area contributed by atoms with Crippen molar-refractivity contribution in [2.75, 3.05) is 0 Å². The van der Waals surface area contributed by atoms with Gasteiger partial charge in [0, 0.05) is 11.1 Å². The van der Waals surface area contributed by atoms with Crippen molar-refractivity contribution < 1.29 is 0 Å². The lowest BCUT2D eigenvalue weighted by Crippen LogP contribution is -1.85. The molecule has 1 aromatic heterocycles. The standard InChI is InChI=1S/C13H9BrN2S/c1-9-4-5-12(10(7-9)8-15)17-13-11(14)3-2-6-16-13/h2-7H,1H3. The summed E-state index contributed by atoms with van der Waals surface area (Å²) in [5.74, 6) is 0. The average molecular weight is 305 g/mol. The highest BCUT2D eigenvalue weighted by Gasteiger charge is 2.07. The summed E-state index contributed by atoms with van der Waals surface area (Å²) in [6, 6.07) is 11.9. The van der Waals surface area contributed by atoms with Gasteiger partial charge >= 0.3 is 0 Å². The third-order valence-electron chi connectivity index (χ3n) is 2.19. The molecule has 0 radical (unpaired) electrons. The maximum atomic E-state index is 9.09. The van der Waals surface area contributed by atoms with Crippen LogP contribution >= 0.6 is 27.7 Å². The third kappa shape index (κ3) is 2.87. The summed E-state index contributed by atoms with van der Waals surface area (Å²) in [7, 11) is 0. The minimum absolute atomic E-state index is 0.688. The van der Waals surface area contributed by atoms with E-state index in [0.717, 1.165) is 20.0 Å². The van der Waals surface area contributed by atoms with Crippen LogP contribution in [0.5, 0.6) is 0 Å². The molecule has 2 nitrogen and oxygen atoms in total. The lowest BCUT2D eigenvalue weighted by atomic mass is 10.2. The van der Waals surface area contributed by atoms with E-state index >= 15 is 0 Å². The molecule has 1 heterocycles. The van der Waals surface area contributed by atoms with Crippen molar-refractivity contribution >= 4 is 27.7 Å². The lowest BCUT2D eigenvalue weighted by molar-refractivity contribution is 1.11. The quantitative estimate of drug-likeness (QED) is 0.835. The maximum absolute atomic E-state index is 9.09. The second-order valence-electron chi connectivity index (χ2n) is 3.50. The van der Waals surface area contributed by atoms with Crippen molar-refractivity contribution in [1.29, 1.82) is 5.26 Å². The lowest BCUT2D eigenvalue weighted by Gasteiger charge is -2.05. The number of pyridine rings is 1. The van der Waals surface area contributed by atoms with Crippen LogP contribution in [-0.2, 0) is 0 Å². The minimum atomic E-state index is 0.688. The monoisotopic (exact) mass is 304 g/mol. The molecular formula is C13H9BrN2S. The number of hydrogen-bond acceptors (Lipinski definition) is 3. The molecule has 0 bridgehead atoms. The number of aromatic nitrogens is 1. The fourth-order valence-corrected chi connectivity index (χ4v) is 2.71. The molecule has 2 aromatic rings. The van der Waals surface area contributed by atoms with E-state index in [-0.39, 0.29) is 0 Å². The predicted octanol–water partition coefficient (Wildman–Crippen LogP) is 4.18. The predicted molar refractivity (Wildman–Crippen MR) is 72.0 cm³/mol. The zero-order chi connectivity index (χ0) is 12.3. The Bertz CT molecular complexity index is 590. The van der Waals surface area contributed by atoms with Crippen LogP contribution in [0.15, 0.2) is 50.9 Å². The summed E-state index contributed by atoms with van der Waals surface area (Å²) in [5.41, 5.74) is 1.78. The van der Waals surface area contributed by atoms with Gasteiger partial charge in [-0.3, -0.25) is 0 Å². The molecule has 0 N–H and O–H groups in total. The SMILES string of the molecule is Cc1ccc(Sc2ncccc2Br)c(C#N)c1. The van der Waals surface area contributed by atoms with Gasteiger partial charge in [-0.2, -0.15) is 5.26 Å². The van der Waals surface area contributed by atoms with Gasteiger partial charge in [0.05, 0.1) is 10.0 Å². The number of aryl methyl sites for hydroxylation is 1. The molecule has 4 heteroatoms. The van der Waals surface area contributed by atoms with Crippen molar-refractivity contribution in [3.63, 3.8) is 0 Å². The van der Waals surface area contributed by atoms with Crippen molar-refractivity contribution in [3.8, 4) is 6.07 Å². The van der Waals surface area contributed by atoms with E-state index < -0.39 is 0 Å². The molecule has 17 heavy (non-hydrogen) atoms. The molecule has 0 aliphatic carbocycles. The maximum Gasteiger partial charge on any atom is 0.115 e. The van der Waals surface area contributed by atoms with E-state index in [1.165, 1.54) is 11.8 Å². The number of rotatable bonds is 2. The summed E-state index contributed by atoms with van der Waals surface area (Å²) in [4.78, 5) is 5.21. The van der Waals surface area contributed by atoms with Crippen molar-refractivity contribution in [1.82, 2.24) is 4.98 Å². The van der Waals surface area contributed by atoms with Gasteiger partial charge in [-0.15, -0.1) is 0 Å². The van der Waals surface area contributed by atoms with E-state index in [2.05, 4.69) is 27.0 Å². The Balaban J connectivity index is 2.37.